The second-order valence-corrected chi connectivity index (χ2v) is 7.04. The molecule has 1 saturated carbocycles. The first kappa shape index (κ1) is 13.3. The minimum absolute atomic E-state index is 0.680. The van der Waals surface area contributed by atoms with Crippen LogP contribution in [0.5, 0.6) is 0 Å². The lowest BCUT2D eigenvalue weighted by atomic mass is 9.68. The fraction of sp³-hybridized carbons (Fsp3) is 0.846. The molecule has 3 rings (SSSR count). The maximum atomic E-state index is 5.33. The monoisotopic (exact) mass is 281 g/mol. The molecule has 5 nitrogen and oxygen atoms in total. The highest BCUT2D eigenvalue weighted by molar-refractivity contribution is 7.15. The molecule has 19 heavy (non-hydrogen) atoms. The number of hydrazine groups is 1. The Labute approximate surface area is 118 Å². The van der Waals surface area contributed by atoms with E-state index in [1.807, 2.05) is 0 Å². The largest absolute Gasteiger partial charge is 0.298 e. The van der Waals surface area contributed by atoms with Crippen LogP contribution < -0.4 is 11.3 Å². The van der Waals surface area contributed by atoms with Crippen LogP contribution in [0.1, 0.15) is 50.0 Å². The first-order valence-electron chi connectivity index (χ1n) is 7.31. The molecule has 3 N–H and O–H groups in total. The number of rotatable bonds is 3. The van der Waals surface area contributed by atoms with Crippen LogP contribution in [-0.2, 0) is 6.54 Å². The van der Waals surface area contributed by atoms with Crippen molar-refractivity contribution < 1.29 is 0 Å². The van der Waals surface area contributed by atoms with Crippen LogP contribution in [-0.4, -0.2) is 28.2 Å². The molecule has 1 aromatic rings. The number of hydrogen-bond donors (Lipinski definition) is 2. The lowest BCUT2D eigenvalue weighted by Gasteiger charge is -2.44. The second kappa shape index (κ2) is 5.73. The van der Waals surface area contributed by atoms with Gasteiger partial charge in [-0.25, -0.2) is 5.84 Å². The number of likely N-dealkylation sites (tertiary alicyclic amines) is 1. The Morgan fingerprint density at radius 2 is 1.84 bits per heavy atom. The van der Waals surface area contributed by atoms with Gasteiger partial charge in [0.05, 0.1) is 6.54 Å². The van der Waals surface area contributed by atoms with Crippen molar-refractivity contribution in [2.24, 2.45) is 11.3 Å². The van der Waals surface area contributed by atoms with Gasteiger partial charge in [0.1, 0.15) is 5.01 Å². The highest BCUT2D eigenvalue weighted by Gasteiger charge is 2.35. The molecular formula is C13H23N5S. The molecule has 0 aromatic carbocycles. The topological polar surface area (TPSA) is 67.1 Å². The van der Waals surface area contributed by atoms with E-state index >= 15 is 0 Å². The molecule has 1 aromatic heterocycles. The molecule has 1 aliphatic carbocycles. The summed E-state index contributed by atoms with van der Waals surface area (Å²) >= 11 is 1.55. The molecule has 6 heteroatoms. The molecule has 2 heterocycles. The molecule has 1 saturated heterocycles. The van der Waals surface area contributed by atoms with Crippen molar-refractivity contribution in [3.05, 3.63) is 5.01 Å². The van der Waals surface area contributed by atoms with Crippen LogP contribution in [0.3, 0.4) is 0 Å². The third-order valence-electron chi connectivity index (χ3n) is 4.78. The number of piperidine rings is 1. The maximum absolute atomic E-state index is 5.33. The predicted molar refractivity (Wildman–Crippen MR) is 77.7 cm³/mol. The van der Waals surface area contributed by atoms with E-state index < -0.39 is 0 Å². The van der Waals surface area contributed by atoms with E-state index in [9.17, 15) is 0 Å². The smallest absolute Gasteiger partial charge is 0.219 e. The van der Waals surface area contributed by atoms with Gasteiger partial charge >= 0.3 is 0 Å². The van der Waals surface area contributed by atoms with E-state index in [2.05, 4.69) is 20.5 Å². The number of hydrogen-bond acceptors (Lipinski definition) is 6. The third-order valence-corrected chi connectivity index (χ3v) is 5.62. The van der Waals surface area contributed by atoms with Crippen molar-refractivity contribution >= 4 is 16.5 Å². The Morgan fingerprint density at radius 3 is 2.47 bits per heavy atom. The quantitative estimate of drug-likeness (QED) is 0.657. The standard InChI is InChI=1S/C13H23N5S/c14-15-12-17-16-11(19-12)10-18-8-6-13(7-9-18)4-2-1-3-5-13/h1-10,14H2,(H,15,17). The second-order valence-electron chi connectivity index (χ2n) is 5.98. The predicted octanol–water partition coefficient (Wildman–Crippen LogP) is 2.37. The fourth-order valence-corrected chi connectivity index (χ4v) is 4.25. The summed E-state index contributed by atoms with van der Waals surface area (Å²) in [6, 6.07) is 0. The highest BCUT2D eigenvalue weighted by Crippen LogP contribution is 2.44. The van der Waals surface area contributed by atoms with Gasteiger partial charge in [-0.1, -0.05) is 30.6 Å². The number of anilines is 1. The SMILES string of the molecule is NNc1nnc(CN2CCC3(CCCCC3)CC2)s1. The van der Waals surface area contributed by atoms with Crippen molar-refractivity contribution in [3.8, 4) is 0 Å². The number of nitrogens with zero attached hydrogens (tertiary/aromatic N) is 3. The third kappa shape index (κ3) is 3.07. The van der Waals surface area contributed by atoms with Gasteiger partial charge in [0.2, 0.25) is 5.13 Å². The summed E-state index contributed by atoms with van der Waals surface area (Å²) in [4.78, 5) is 2.51. The van der Waals surface area contributed by atoms with Crippen LogP contribution in [0.2, 0.25) is 0 Å². The first-order chi connectivity index (χ1) is 9.30. The van der Waals surface area contributed by atoms with E-state index in [4.69, 9.17) is 5.84 Å². The maximum Gasteiger partial charge on any atom is 0.219 e. The van der Waals surface area contributed by atoms with E-state index in [1.54, 1.807) is 11.3 Å². The van der Waals surface area contributed by atoms with Crippen LogP contribution >= 0.6 is 11.3 Å². The van der Waals surface area contributed by atoms with Gasteiger partial charge in [0.25, 0.3) is 0 Å². The summed E-state index contributed by atoms with van der Waals surface area (Å²) in [5.41, 5.74) is 3.24. The van der Waals surface area contributed by atoms with Crippen molar-refractivity contribution in [3.63, 3.8) is 0 Å². The van der Waals surface area contributed by atoms with E-state index in [1.165, 1.54) is 58.0 Å². The number of nitrogens with one attached hydrogen (secondary N) is 1. The van der Waals surface area contributed by atoms with Gasteiger partial charge in [0, 0.05) is 0 Å². The molecule has 0 bridgehead atoms. The van der Waals surface area contributed by atoms with Crippen LogP contribution in [0.15, 0.2) is 0 Å². The number of nitrogens with two attached hydrogens (primary N) is 1. The first-order valence-corrected chi connectivity index (χ1v) is 8.13. The Bertz CT molecular complexity index is 403. The van der Waals surface area contributed by atoms with Crippen LogP contribution in [0, 0.1) is 5.41 Å². The normalized spacial score (nSPS) is 23.6. The van der Waals surface area contributed by atoms with Gasteiger partial charge in [-0.15, -0.1) is 10.2 Å². The molecule has 1 aliphatic heterocycles. The van der Waals surface area contributed by atoms with Crippen LogP contribution in [0.4, 0.5) is 5.13 Å². The average molecular weight is 281 g/mol. The van der Waals surface area contributed by atoms with Crippen molar-refractivity contribution in [1.82, 2.24) is 15.1 Å². The molecule has 0 radical (unpaired) electrons. The molecule has 2 aliphatic rings. The van der Waals surface area contributed by atoms with Gasteiger partial charge in [-0.2, -0.15) is 0 Å². The van der Waals surface area contributed by atoms with E-state index in [0.717, 1.165) is 11.6 Å². The Morgan fingerprint density at radius 1 is 1.11 bits per heavy atom. The zero-order chi connectivity index (χ0) is 13.1. The van der Waals surface area contributed by atoms with Gasteiger partial charge in [-0.3, -0.25) is 10.3 Å². The molecule has 106 valence electrons. The molecule has 0 amide bonds. The molecule has 2 fully saturated rings. The highest BCUT2D eigenvalue weighted by atomic mass is 32.1. The van der Waals surface area contributed by atoms with Crippen molar-refractivity contribution in [1.29, 1.82) is 0 Å². The van der Waals surface area contributed by atoms with Gasteiger partial charge in [0.15, 0.2) is 0 Å². The van der Waals surface area contributed by atoms with E-state index in [-0.39, 0.29) is 0 Å². The summed E-state index contributed by atoms with van der Waals surface area (Å²) in [5.74, 6) is 5.33. The summed E-state index contributed by atoms with van der Waals surface area (Å²) in [5, 5.41) is 9.93. The number of aromatic nitrogens is 2. The fourth-order valence-electron chi connectivity index (χ4n) is 3.55. The minimum atomic E-state index is 0.680. The average Bonchev–Trinajstić information content (AvgIpc) is 2.90. The summed E-state index contributed by atoms with van der Waals surface area (Å²) in [7, 11) is 0. The number of nitrogen functional groups attached to an aromatic ring is 1. The van der Waals surface area contributed by atoms with Crippen molar-refractivity contribution in [2.45, 2.75) is 51.5 Å². The minimum Gasteiger partial charge on any atom is -0.298 e. The Kier molecular flexibility index (Phi) is 4.00. The van der Waals surface area contributed by atoms with Crippen molar-refractivity contribution in [2.75, 3.05) is 18.5 Å². The van der Waals surface area contributed by atoms with E-state index in [0.29, 0.717) is 10.5 Å². The molecular weight excluding hydrogens is 258 g/mol. The lowest BCUT2D eigenvalue weighted by molar-refractivity contribution is 0.0640. The Balaban J connectivity index is 1.52. The summed E-state index contributed by atoms with van der Waals surface area (Å²) in [6.45, 7) is 3.35. The zero-order valence-corrected chi connectivity index (χ0v) is 12.2. The molecule has 0 atom stereocenters. The zero-order valence-electron chi connectivity index (χ0n) is 11.4. The summed E-state index contributed by atoms with van der Waals surface area (Å²) in [6.07, 6.45) is 10.00. The van der Waals surface area contributed by atoms with Gasteiger partial charge < -0.3 is 0 Å². The lowest BCUT2D eigenvalue weighted by Crippen LogP contribution is -2.40. The molecule has 1 spiro atoms. The van der Waals surface area contributed by atoms with Crippen LogP contribution in [0.25, 0.3) is 0 Å². The Hall–Kier alpha value is -0.720. The summed E-state index contributed by atoms with van der Waals surface area (Å²) < 4.78 is 0. The molecule has 0 unspecified atom stereocenters. The van der Waals surface area contributed by atoms with Gasteiger partial charge in [-0.05, 0) is 44.2 Å².